The first-order valence-electron chi connectivity index (χ1n) is 6.25. The van der Waals surface area contributed by atoms with E-state index in [4.69, 9.17) is 21.4 Å². The number of ether oxygens (including phenoxy) is 1. The average Bonchev–Trinajstić information content (AvgIpc) is 2.43. The SMILES string of the molecule is CCOC(=O)CC[C@H](NC(=O)c1ccc(Cl)cn1)C(=O)O. The topological polar surface area (TPSA) is 106 Å². The highest BCUT2D eigenvalue weighted by molar-refractivity contribution is 6.30. The molecule has 0 aromatic carbocycles. The number of rotatable bonds is 7. The van der Waals surface area contributed by atoms with E-state index in [1.165, 1.54) is 18.3 Å². The molecule has 1 aromatic rings. The molecule has 1 rings (SSSR count). The van der Waals surface area contributed by atoms with Crippen molar-refractivity contribution in [2.75, 3.05) is 6.61 Å². The Morgan fingerprint density at radius 1 is 1.43 bits per heavy atom. The molecule has 0 aliphatic heterocycles. The Kier molecular flexibility index (Phi) is 6.61. The third kappa shape index (κ3) is 5.78. The van der Waals surface area contributed by atoms with Crippen molar-refractivity contribution in [2.24, 2.45) is 0 Å². The van der Waals surface area contributed by atoms with Crippen molar-refractivity contribution in [3.05, 3.63) is 29.0 Å². The number of halogens is 1. The number of pyridine rings is 1. The molecule has 1 atom stereocenters. The first kappa shape index (κ1) is 16.9. The van der Waals surface area contributed by atoms with Crippen LogP contribution in [0.5, 0.6) is 0 Å². The monoisotopic (exact) mass is 314 g/mol. The Labute approximate surface area is 126 Å². The van der Waals surface area contributed by atoms with Gasteiger partial charge in [-0.3, -0.25) is 9.59 Å². The molecule has 0 aliphatic rings. The van der Waals surface area contributed by atoms with Gasteiger partial charge in [-0.1, -0.05) is 11.6 Å². The first-order chi connectivity index (χ1) is 9.93. The Balaban J connectivity index is 2.61. The van der Waals surface area contributed by atoms with Gasteiger partial charge in [0.1, 0.15) is 11.7 Å². The van der Waals surface area contributed by atoms with Gasteiger partial charge in [0.15, 0.2) is 0 Å². The van der Waals surface area contributed by atoms with Crippen LogP contribution < -0.4 is 5.32 Å². The molecular weight excluding hydrogens is 300 g/mol. The average molecular weight is 315 g/mol. The lowest BCUT2D eigenvalue weighted by molar-refractivity contribution is -0.144. The standard InChI is InChI=1S/C13H15ClN2O5/c1-2-21-11(17)6-5-10(13(19)20)16-12(18)9-4-3-8(14)7-15-9/h3-4,7,10H,2,5-6H2,1H3,(H,16,18)(H,19,20)/t10-/m0/s1. The Morgan fingerprint density at radius 3 is 2.67 bits per heavy atom. The third-order valence-corrected chi connectivity index (χ3v) is 2.73. The van der Waals surface area contributed by atoms with Gasteiger partial charge >= 0.3 is 11.9 Å². The molecule has 2 N–H and O–H groups in total. The van der Waals surface area contributed by atoms with E-state index in [1.807, 2.05) is 0 Å². The van der Waals surface area contributed by atoms with E-state index in [0.29, 0.717) is 5.02 Å². The van der Waals surface area contributed by atoms with Gasteiger partial charge < -0.3 is 15.2 Å². The van der Waals surface area contributed by atoms with Gasteiger partial charge in [0.05, 0.1) is 11.6 Å². The largest absolute Gasteiger partial charge is 0.480 e. The van der Waals surface area contributed by atoms with Crippen LogP contribution in [-0.4, -0.2) is 40.6 Å². The number of carbonyl (C=O) groups is 3. The van der Waals surface area contributed by atoms with E-state index in [2.05, 4.69) is 10.3 Å². The van der Waals surface area contributed by atoms with Gasteiger partial charge in [0, 0.05) is 12.6 Å². The molecule has 7 nitrogen and oxygen atoms in total. The maximum absolute atomic E-state index is 11.8. The van der Waals surface area contributed by atoms with Crippen molar-refractivity contribution >= 4 is 29.4 Å². The molecule has 1 aromatic heterocycles. The minimum atomic E-state index is -1.23. The second-order valence-corrected chi connectivity index (χ2v) is 4.51. The molecule has 0 saturated carbocycles. The van der Waals surface area contributed by atoms with Crippen LogP contribution in [0.4, 0.5) is 0 Å². The van der Waals surface area contributed by atoms with E-state index < -0.39 is 23.9 Å². The van der Waals surface area contributed by atoms with Gasteiger partial charge in [0.25, 0.3) is 5.91 Å². The predicted octanol–water partition coefficient (Wildman–Crippen LogP) is 1.26. The van der Waals surface area contributed by atoms with Crippen LogP contribution in [0.15, 0.2) is 18.3 Å². The summed E-state index contributed by atoms with van der Waals surface area (Å²) in [6.07, 6.45) is 1.12. The number of carboxylic acid groups (broad SMARTS) is 1. The second-order valence-electron chi connectivity index (χ2n) is 4.07. The summed E-state index contributed by atoms with van der Waals surface area (Å²) in [5.41, 5.74) is 0.0433. The number of hydrogen-bond donors (Lipinski definition) is 2. The van der Waals surface area contributed by atoms with Crippen molar-refractivity contribution in [3.63, 3.8) is 0 Å². The molecule has 0 fully saturated rings. The zero-order chi connectivity index (χ0) is 15.8. The molecule has 0 bridgehead atoms. The second kappa shape index (κ2) is 8.21. The van der Waals surface area contributed by atoms with Crippen LogP contribution in [0.3, 0.4) is 0 Å². The Bertz CT molecular complexity index is 518. The van der Waals surface area contributed by atoms with Gasteiger partial charge in [-0.05, 0) is 25.5 Å². The number of carbonyl (C=O) groups excluding carboxylic acids is 2. The maximum atomic E-state index is 11.8. The minimum Gasteiger partial charge on any atom is -0.480 e. The van der Waals surface area contributed by atoms with Crippen LogP contribution in [0.25, 0.3) is 0 Å². The summed E-state index contributed by atoms with van der Waals surface area (Å²) in [4.78, 5) is 37.9. The molecule has 0 saturated heterocycles. The molecule has 0 spiro atoms. The highest BCUT2D eigenvalue weighted by atomic mass is 35.5. The quantitative estimate of drug-likeness (QED) is 0.734. The zero-order valence-electron chi connectivity index (χ0n) is 11.3. The van der Waals surface area contributed by atoms with E-state index in [0.717, 1.165) is 0 Å². The number of amides is 1. The maximum Gasteiger partial charge on any atom is 0.326 e. The Morgan fingerprint density at radius 2 is 2.14 bits per heavy atom. The molecule has 0 aliphatic carbocycles. The molecule has 0 unspecified atom stereocenters. The molecule has 1 heterocycles. The smallest absolute Gasteiger partial charge is 0.326 e. The predicted molar refractivity (Wildman–Crippen MR) is 74.0 cm³/mol. The normalized spacial score (nSPS) is 11.5. The van der Waals surface area contributed by atoms with Crippen LogP contribution in [-0.2, 0) is 14.3 Å². The highest BCUT2D eigenvalue weighted by Gasteiger charge is 2.22. The molecule has 114 valence electrons. The first-order valence-corrected chi connectivity index (χ1v) is 6.62. The van der Waals surface area contributed by atoms with Crippen molar-refractivity contribution in [3.8, 4) is 0 Å². The Hall–Kier alpha value is -2.15. The van der Waals surface area contributed by atoms with Crippen molar-refractivity contribution < 1.29 is 24.2 Å². The van der Waals surface area contributed by atoms with Crippen LogP contribution in [0, 0.1) is 0 Å². The molecule has 21 heavy (non-hydrogen) atoms. The van der Waals surface area contributed by atoms with Crippen molar-refractivity contribution in [1.29, 1.82) is 0 Å². The van der Waals surface area contributed by atoms with E-state index in [9.17, 15) is 14.4 Å². The fourth-order valence-corrected chi connectivity index (χ4v) is 1.61. The summed E-state index contributed by atoms with van der Waals surface area (Å²) in [5, 5.41) is 11.7. The number of aliphatic carboxylic acids is 1. The summed E-state index contributed by atoms with van der Waals surface area (Å²) < 4.78 is 4.70. The summed E-state index contributed by atoms with van der Waals surface area (Å²) in [5.74, 6) is -2.40. The van der Waals surface area contributed by atoms with Gasteiger partial charge in [-0.25, -0.2) is 9.78 Å². The van der Waals surface area contributed by atoms with Gasteiger partial charge in [-0.2, -0.15) is 0 Å². The fourth-order valence-electron chi connectivity index (χ4n) is 1.50. The summed E-state index contributed by atoms with van der Waals surface area (Å²) in [7, 11) is 0. The van der Waals surface area contributed by atoms with E-state index >= 15 is 0 Å². The number of nitrogens with one attached hydrogen (secondary N) is 1. The molecule has 1 amide bonds. The molecular formula is C13H15ClN2O5. The van der Waals surface area contributed by atoms with Crippen LogP contribution in [0.1, 0.15) is 30.3 Å². The number of carboxylic acids is 1. The lowest BCUT2D eigenvalue weighted by Crippen LogP contribution is -2.41. The van der Waals surface area contributed by atoms with E-state index in [1.54, 1.807) is 6.92 Å². The third-order valence-electron chi connectivity index (χ3n) is 2.51. The van der Waals surface area contributed by atoms with E-state index in [-0.39, 0.29) is 25.1 Å². The molecule has 8 heteroatoms. The summed E-state index contributed by atoms with van der Waals surface area (Å²) >= 11 is 5.65. The zero-order valence-corrected chi connectivity index (χ0v) is 12.1. The van der Waals surface area contributed by atoms with Crippen molar-refractivity contribution in [2.45, 2.75) is 25.8 Å². The number of hydrogen-bond acceptors (Lipinski definition) is 5. The van der Waals surface area contributed by atoms with Crippen molar-refractivity contribution in [1.82, 2.24) is 10.3 Å². The number of esters is 1. The summed E-state index contributed by atoms with van der Waals surface area (Å²) in [6, 6.07) is 1.65. The van der Waals surface area contributed by atoms with Gasteiger partial charge in [0.2, 0.25) is 0 Å². The number of aromatic nitrogens is 1. The summed E-state index contributed by atoms with van der Waals surface area (Å²) in [6.45, 7) is 1.87. The molecule has 0 radical (unpaired) electrons. The lowest BCUT2D eigenvalue weighted by atomic mass is 10.1. The number of nitrogens with zero attached hydrogens (tertiary/aromatic N) is 1. The van der Waals surface area contributed by atoms with Crippen LogP contribution >= 0.6 is 11.6 Å². The lowest BCUT2D eigenvalue weighted by Gasteiger charge is -2.13. The minimum absolute atomic E-state index is 0.0433. The van der Waals surface area contributed by atoms with Crippen LogP contribution in [0.2, 0.25) is 5.02 Å². The highest BCUT2D eigenvalue weighted by Crippen LogP contribution is 2.07. The fraction of sp³-hybridized carbons (Fsp3) is 0.385. The van der Waals surface area contributed by atoms with Gasteiger partial charge in [-0.15, -0.1) is 0 Å².